The molecule has 0 aliphatic carbocycles. The molecule has 1 aliphatic heterocycles. The topological polar surface area (TPSA) is 50.4 Å². The molecule has 0 unspecified atom stereocenters. The lowest BCUT2D eigenvalue weighted by molar-refractivity contribution is -0.139. The molecule has 7 heteroatoms. The molecule has 21 heavy (non-hydrogen) atoms. The number of benzene rings is 1. The number of carbonyl (C=O) groups excluding carboxylic acids is 1. The summed E-state index contributed by atoms with van der Waals surface area (Å²) in [5.74, 6) is -0.611. The van der Waals surface area contributed by atoms with Crippen LogP contribution in [-0.2, 0) is 11.0 Å². The SMILES string of the molecule is CC(=O)Nc1ccc(C(F)(F)F)c(OC[C@H]2CCCN2)c1. The van der Waals surface area contributed by atoms with Crippen molar-refractivity contribution in [3.05, 3.63) is 23.8 Å². The van der Waals surface area contributed by atoms with Crippen molar-refractivity contribution < 1.29 is 22.7 Å². The predicted molar refractivity (Wildman–Crippen MR) is 72.3 cm³/mol. The molecule has 0 spiro atoms. The van der Waals surface area contributed by atoms with E-state index in [-0.39, 0.29) is 30.0 Å². The van der Waals surface area contributed by atoms with Gasteiger partial charge in [-0.3, -0.25) is 4.79 Å². The Bertz CT molecular complexity index is 511. The molecule has 1 fully saturated rings. The van der Waals surface area contributed by atoms with Crippen LogP contribution in [0, 0.1) is 0 Å². The maximum Gasteiger partial charge on any atom is 0.419 e. The third-order valence-electron chi connectivity index (χ3n) is 3.21. The zero-order chi connectivity index (χ0) is 15.5. The van der Waals surface area contributed by atoms with Crippen LogP contribution in [-0.4, -0.2) is 25.1 Å². The minimum absolute atomic E-state index is 0.0653. The molecule has 1 aliphatic rings. The number of alkyl halides is 3. The third-order valence-corrected chi connectivity index (χ3v) is 3.21. The molecule has 116 valence electrons. The lowest BCUT2D eigenvalue weighted by atomic mass is 10.1. The number of anilines is 1. The largest absolute Gasteiger partial charge is 0.491 e. The number of carbonyl (C=O) groups is 1. The second-order valence-corrected chi connectivity index (χ2v) is 4.99. The van der Waals surface area contributed by atoms with Crippen molar-refractivity contribution in [3.63, 3.8) is 0 Å². The van der Waals surface area contributed by atoms with E-state index in [1.807, 2.05) is 0 Å². The first kappa shape index (κ1) is 15.6. The maximum absolute atomic E-state index is 13.0. The highest BCUT2D eigenvalue weighted by molar-refractivity contribution is 5.88. The van der Waals surface area contributed by atoms with Gasteiger partial charge in [0.2, 0.25) is 5.91 Å². The molecule has 1 saturated heterocycles. The van der Waals surface area contributed by atoms with Crippen LogP contribution in [0.1, 0.15) is 25.3 Å². The van der Waals surface area contributed by atoms with Gasteiger partial charge in [-0.05, 0) is 31.5 Å². The highest BCUT2D eigenvalue weighted by Gasteiger charge is 2.34. The van der Waals surface area contributed by atoms with Gasteiger partial charge in [0.1, 0.15) is 12.4 Å². The average Bonchev–Trinajstić information content (AvgIpc) is 2.87. The van der Waals surface area contributed by atoms with Gasteiger partial charge in [-0.15, -0.1) is 0 Å². The predicted octanol–water partition coefficient (Wildman–Crippen LogP) is 2.79. The van der Waals surface area contributed by atoms with Crippen molar-refractivity contribution in [2.75, 3.05) is 18.5 Å². The van der Waals surface area contributed by atoms with Crippen LogP contribution in [0.2, 0.25) is 0 Å². The second kappa shape index (κ2) is 6.34. The normalized spacial score (nSPS) is 18.6. The van der Waals surface area contributed by atoms with Crippen LogP contribution in [0.4, 0.5) is 18.9 Å². The summed E-state index contributed by atoms with van der Waals surface area (Å²) < 4.78 is 44.2. The molecule has 4 nitrogen and oxygen atoms in total. The monoisotopic (exact) mass is 302 g/mol. The molecule has 2 N–H and O–H groups in total. The Hall–Kier alpha value is -1.76. The summed E-state index contributed by atoms with van der Waals surface area (Å²) in [5, 5.41) is 5.61. The van der Waals surface area contributed by atoms with E-state index >= 15 is 0 Å². The molecule has 1 atom stereocenters. The van der Waals surface area contributed by atoms with Gasteiger partial charge in [0.15, 0.2) is 0 Å². The van der Waals surface area contributed by atoms with E-state index in [2.05, 4.69) is 10.6 Å². The Morgan fingerprint density at radius 2 is 2.24 bits per heavy atom. The maximum atomic E-state index is 13.0. The number of rotatable bonds is 4. The van der Waals surface area contributed by atoms with Crippen LogP contribution < -0.4 is 15.4 Å². The van der Waals surface area contributed by atoms with Gasteiger partial charge in [0, 0.05) is 24.7 Å². The van der Waals surface area contributed by atoms with Crippen LogP contribution in [0.5, 0.6) is 5.75 Å². The van der Waals surface area contributed by atoms with E-state index in [1.54, 1.807) is 0 Å². The van der Waals surface area contributed by atoms with Crippen LogP contribution in [0.15, 0.2) is 18.2 Å². The Morgan fingerprint density at radius 1 is 1.48 bits per heavy atom. The van der Waals surface area contributed by atoms with Gasteiger partial charge in [0.25, 0.3) is 0 Å². The fourth-order valence-corrected chi connectivity index (χ4v) is 2.25. The second-order valence-electron chi connectivity index (χ2n) is 4.99. The fraction of sp³-hybridized carbons (Fsp3) is 0.500. The first-order chi connectivity index (χ1) is 9.86. The van der Waals surface area contributed by atoms with Gasteiger partial charge in [0.05, 0.1) is 5.56 Å². The van der Waals surface area contributed by atoms with Crippen molar-refractivity contribution in [2.24, 2.45) is 0 Å². The summed E-state index contributed by atoms with van der Waals surface area (Å²) in [5.41, 5.74) is -0.556. The number of amides is 1. The minimum atomic E-state index is -4.49. The number of hydrogen-bond donors (Lipinski definition) is 2. The van der Waals surface area contributed by atoms with E-state index in [0.29, 0.717) is 0 Å². The lowest BCUT2D eigenvalue weighted by Gasteiger charge is -2.17. The third kappa shape index (κ3) is 4.35. The van der Waals surface area contributed by atoms with E-state index in [1.165, 1.54) is 19.1 Å². The Balaban J connectivity index is 2.18. The zero-order valence-corrected chi connectivity index (χ0v) is 11.6. The van der Waals surface area contributed by atoms with E-state index in [9.17, 15) is 18.0 Å². The number of nitrogens with one attached hydrogen (secondary N) is 2. The summed E-state index contributed by atoms with van der Waals surface area (Å²) in [6.45, 7) is 2.32. The molecule has 1 aromatic carbocycles. The molecule has 2 rings (SSSR count). The fourth-order valence-electron chi connectivity index (χ4n) is 2.25. The Kier molecular flexibility index (Phi) is 4.72. The van der Waals surface area contributed by atoms with Crippen molar-refractivity contribution in [2.45, 2.75) is 32.0 Å². The van der Waals surface area contributed by atoms with Crippen LogP contribution in [0.25, 0.3) is 0 Å². The molecule has 0 radical (unpaired) electrons. The quantitative estimate of drug-likeness (QED) is 0.899. The zero-order valence-electron chi connectivity index (χ0n) is 11.6. The van der Waals surface area contributed by atoms with E-state index in [4.69, 9.17) is 4.74 Å². The van der Waals surface area contributed by atoms with Gasteiger partial charge >= 0.3 is 6.18 Å². The van der Waals surface area contributed by atoms with E-state index < -0.39 is 11.7 Å². The first-order valence-electron chi connectivity index (χ1n) is 6.71. The summed E-state index contributed by atoms with van der Waals surface area (Å²) in [7, 11) is 0. The van der Waals surface area contributed by atoms with Crippen molar-refractivity contribution in [3.8, 4) is 5.75 Å². The molecule has 1 amide bonds. The summed E-state index contributed by atoms with van der Waals surface area (Å²) >= 11 is 0. The van der Waals surface area contributed by atoms with E-state index in [0.717, 1.165) is 25.5 Å². The molecule has 0 saturated carbocycles. The smallest absolute Gasteiger partial charge is 0.419 e. The van der Waals surface area contributed by atoms with Gasteiger partial charge in [-0.1, -0.05) is 0 Å². The summed E-state index contributed by atoms with van der Waals surface area (Å²) in [6.07, 6.45) is -2.62. The highest BCUT2D eigenvalue weighted by Crippen LogP contribution is 2.37. The van der Waals surface area contributed by atoms with Crippen molar-refractivity contribution >= 4 is 11.6 Å². The molecular weight excluding hydrogens is 285 g/mol. The van der Waals surface area contributed by atoms with Gasteiger partial charge in [-0.2, -0.15) is 13.2 Å². The molecule has 0 aromatic heterocycles. The summed E-state index contributed by atoms with van der Waals surface area (Å²) in [4.78, 5) is 11.0. The van der Waals surface area contributed by atoms with Gasteiger partial charge < -0.3 is 15.4 Å². The standard InChI is InChI=1S/C14H17F3N2O2/c1-9(20)19-10-4-5-12(14(15,16)17)13(7-10)21-8-11-3-2-6-18-11/h4-5,7,11,18H,2-3,6,8H2,1H3,(H,19,20)/t11-/m1/s1. The van der Waals surface area contributed by atoms with Gasteiger partial charge in [-0.25, -0.2) is 0 Å². The minimum Gasteiger partial charge on any atom is -0.491 e. The molecule has 0 bridgehead atoms. The number of ether oxygens (including phenoxy) is 1. The lowest BCUT2D eigenvalue weighted by Crippen LogP contribution is -2.28. The first-order valence-corrected chi connectivity index (χ1v) is 6.71. The van der Waals surface area contributed by atoms with Crippen LogP contribution in [0.3, 0.4) is 0 Å². The van der Waals surface area contributed by atoms with Crippen molar-refractivity contribution in [1.29, 1.82) is 0 Å². The average molecular weight is 302 g/mol. The Labute approximate surface area is 120 Å². The summed E-state index contributed by atoms with van der Waals surface area (Å²) in [6, 6.07) is 3.41. The highest BCUT2D eigenvalue weighted by atomic mass is 19.4. The number of halogens is 3. The van der Waals surface area contributed by atoms with Crippen molar-refractivity contribution in [1.82, 2.24) is 5.32 Å². The number of hydrogen-bond acceptors (Lipinski definition) is 3. The molecule has 1 heterocycles. The van der Waals surface area contributed by atoms with Crippen LogP contribution >= 0.6 is 0 Å². The Morgan fingerprint density at radius 3 is 2.81 bits per heavy atom. The molecular formula is C14H17F3N2O2. The molecule has 1 aromatic rings.